The van der Waals surface area contributed by atoms with Crippen molar-refractivity contribution in [3.8, 4) is 28.7 Å². The minimum Gasteiger partial charge on any atom is -0.493 e. The van der Waals surface area contributed by atoms with E-state index in [0.717, 1.165) is 25.7 Å². The minimum absolute atomic E-state index is 0.0784. The van der Waals surface area contributed by atoms with Gasteiger partial charge < -0.3 is 29.0 Å². The molecular formula is C22H25NO6. The van der Waals surface area contributed by atoms with E-state index in [1.54, 1.807) is 32.4 Å². The molecule has 1 N–H and O–H groups in total. The third kappa shape index (κ3) is 4.18. The molecule has 2 aromatic carbocycles. The van der Waals surface area contributed by atoms with Crippen molar-refractivity contribution < 1.29 is 28.5 Å². The number of hydrogen-bond acceptors (Lipinski definition) is 6. The maximum absolute atomic E-state index is 12.6. The SMILES string of the molecule is COc1cccc(OC2CCC(NC(=O)c3ccc4c(c3)OCO4)CC2)c1OC. The zero-order valence-corrected chi connectivity index (χ0v) is 16.6. The zero-order chi connectivity index (χ0) is 20.2. The van der Waals surface area contributed by atoms with Crippen molar-refractivity contribution in [3.63, 3.8) is 0 Å². The molecule has 0 saturated heterocycles. The molecule has 1 aliphatic heterocycles. The van der Waals surface area contributed by atoms with Crippen molar-refractivity contribution in [3.05, 3.63) is 42.0 Å². The molecule has 7 heteroatoms. The lowest BCUT2D eigenvalue weighted by Gasteiger charge is -2.30. The van der Waals surface area contributed by atoms with Gasteiger partial charge in [0.15, 0.2) is 23.0 Å². The second-order valence-electron chi connectivity index (χ2n) is 7.12. The third-order valence-corrected chi connectivity index (χ3v) is 5.30. The molecule has 1 amide bonds. The van der Waals surface area contributed by atoms with Crippen LogP contribution in [0, 0.1) is 0 Å². The first-order valence-electron chi connectivity index (χ1n) is 9.76. The smallest absolute Gasteiger partial charge is 0.251 e. The summed E-state index contributed by atoms with van der Waals surface area (Å²) in [7, 11) is 3.21. The molecule has 0 radical (unpaired) electrons. The number of carbonyl (C=O) groups excluding carboxylic acids is 1. The average Bonchev–Trinajstić information content (AvgIpc) is 3.22. The van der Waals surface area contributed by atoms with E-state index in [2.05, 4.69) is 5.32 Å². The van der Waals surface area contributed by atoms with Gasteiger partial charge in [-0.05, 0) is 56.0 Å². The number of ether oxygens (including phenoxy) is 5. The van der Waals surface area contributed by atoms with E-state index < -0.39 is 0 Å². The van der Waals surface area contributed by atoms with Crippen LogP contribution >= 0.6 is 0 Å². The summed E-state index contributed by atoms with van der Waals surface area (Å²) in [6.07, 6.45) is 3.49. The van der Waals surface area contributed by atoms with E-state index in [1.807, 2.05) is 18.2 Å². The number of rotatable bonds is 6. The van der Waals surface area contributed by atoms with E-state index in [-0.39, 0.29) is 24.8 Å². The lowest BCUT2D eigenvalue weighted by atomic mass is 9.92. The molecule has 1 fully saturated rings. The maximum atomic E-state index is 12.6. The van der Waals surface area contributed by atoms with Crippen LogP contribution in [0.2, 0.25) is 0 Å². The number of para-hydroxylation sites is 1. The standard InChI is InChI=1S/C22H25NO6/c1-25-18-4-3-5-19(21(18)26-2)29-16-9-7-15(8-10-16)23-22(24)14-6-11-17-20(12-14)28-13-27-17/h3-6,11-12,15-16H,7-10,13H2,1-2H3,(H,23,24). The number of fused-ring (bicyclic) bond motifs is 1. The summed E-state index contributed by atoms with van der Waals surface area (Å²) in [5, 5.41) is 3.12. The first-order chi connectivity index (χ1) is 14.2. The van der Waals surface area contributed by atoms with Crippen LogP contribution < -0.4 is 29.0 Å². The van der Waals surface area contributed by atoms with Gasteiger partial charge in [-0.1, -0.05) is 6.07 Å². The molecule has 2 aliphatic rings. The Balaban J connectivity index is 1.31. The van der Waals surface area contributed by atoms with Crippen LogP contribution in [0.15, 0.2) is 36.4 Å². The minimum atomic E-state index is -0.0952. The number of methoxy groups -OCH3 is 2. The highest BCUT2D eigenvalue weighted by Gasteiger charge is 2.26. The predicted molar refractivity (Wildman–Crippen MR) is 106 cm³/mol. The van der Waals surface area contributed by atoms with Gasteiger partial charge >= 0.3 is 0 Å². The van der Waals surface area contributed by atoms with Crippen LogP contribution in [0.5, 0.6) is 28.7 Å². The Labute approximate surface area is 169 Å². The van der Waals surface area contributed by atoms with Crippen LogP contribution in [0.25, 0.3) is 0 Å². The van der Waals surface area contributed by atoms with E-state index in [1.165, 1.54) is 0 Å². The molecule has 4 rings (SSSR count). The van der Waals surface area contributed by atoms with Crippen molar-refractivity contribution in [1.82, 2.24) is 5.32 Å². The number of carbonyl (C=O) groups is 1. The summed E-state index contributed by atoms with van der Waals surface area (Å²) in [4.78, 5) is 12.6. The fourth-order valence-electron chi connectivity index (χ4n) is 3.76. The highest BCUT2D eigenvalue weighted by atomic mass is 16.7. The largest absolute Gasteiger partial charge is 0.493 e. The Hall–Kier alpha value is -3.09. The maximum Gasteiger partial charge on any atom is 0.251 e. The third-order valence-electron chi connectivity index (χ3n) is 5.30. The van der Waals surface area contributed by atoms with Gasteiger partial charge in [-0.15, -0.1) is 0 Å². The van der Waals surface area contributed by atoms with Crippen molar-refractivity contribution >= 4 is 5.91 Å². The lowest BCUT2D eigenvalue weighted by molar-refractivity contribution is 0.0891. The Morgan fingerprint density at radius 1 is 0.966 bits per heavy atom. The Morgan fingerprint density at radius 2 is 1.72 bits per heavy atom. The molecular weight excluding hydrogens is 374 g/mol. The molecule has 2 aromatic rings. The van der Waals surface area contributed by atoms with E-state index >= 15 is 0 Å². The molecule has 154 valence electrons. The summed E-state index contributed by atoms with van der Waals surface area (Å²) in [5.41, 5.74) is 0.578. The fourth-order valence-corrected chi connectivity index (χ4v) is 3.76. The van der Waals surface area contributed by atoms with Gasteiger partial charge in [0.2, 0.25) is 12.5 Å². The summed E-state index contributed by atoms with van der Waals surface area (Å²) in [6.45, 7) is 0.197. The van der Waals surface area contributed by atoms with Gasteiger partial charge in [-0.2, -0.15) is 0 Å². The number of hydrogen-bond donors (Lipinski definition) is 1. The number of nitrogens with one attached hydrogen (secondary N) is 1. The predicted octanol–water partition coefficient (Wildman–Crippen LogP) is 3.55. The van der Waals surface area contributed by atoms with Crippen molar-refractivity contribution in [2.24, 2.45) is 0 Å². The second-order valence-corrected chi connectivity index (χ2v) is 7.12. The van der Waals surface area contributed by atoms with Crippen molar-refractivity contribution in [2.75, 3.05) is 21.0 Å². The normalized spacial score (nSPS) is 20.1. The average molecular weight is 399 g/mol. The summed E-state index contributed by atoms with van der Waals surface area (Å²) in [6, 6.07) is 11.0. The van der Waals surface area contributed by atoms with Gasteiger partial charge in [-0.25, -0.2) is 0 Å². The van der Waals surface area contributed by atoms with Gasteiger partial charge in [0.05, 0.1) is 20.3 Å². The molecule has 0 atom stereocenters. The monoisotopic (exact) mass is 399 g/mol. The zero-order valence-electron chi connectivity index (χ0n) is 16.6. The Morgan fingerprint density at radius 3 is 2.48 bits per heavy atom. The van der Waals surface area contributed by atoms with Gasteiger partial charge in [0.25, 0.3) is 5.91 Å². The molecule has 1 heterocycles. The second kappa shape index (κ2) is 8.51. The number of benzene rings is 2. The Kier molecular flexibility index (Phi) is 5.64. The fraction of sp³-hybridized carbons (Fsp3) is 0.409. The first kappa shape index (κ1) is 19.2. The quantitative estimate of drug-likeness (QED) is 0.801. The first-order valence-corrected chi connectivity index (χ1v) is 9.76. The van der Waals surface area contributed by atoms with Crippen LogP contribution in [0.1, 0.15) is 36.0 Å². The van der Waals surface area contributed by atoms with E-state index in [9.17, 15) is 4.79 Å². The molecule has 0 bridgehead atoms. The summed E-state index contributed by atoms with van der Waals surface area (Å²) < 4.78 is 27.6. The topological polar surface area (TPSA) is 75.3 Å². The molecule has 1 saturated carbocycles. The number of amides is 1. The van der Waals surface area contributed by atoms with Crippen LogP contribution in [0.3, 0.4) is 0 Å². The molecule has 0 aromatic heterocycles. The Bertz CT molecular complexity index is 876. The van der Waals surface area contributed by atoms with Gasteiger partial charge in [0, 0.05) is 11.6 Å². The van der Waals surface area contributed by atoms with Gasteiger partial charge in [0.1, 0.15) is 0 Å². The van der Waals surface area contributed by atoms with E-state index in [4.69, 9.17) is 23.7 Å². The molecule has 1 aliphatic carbocycles. The molecule has 29 heavy (non-hydrogen) atoms. The summed E-state index contributed by atoms with van der Waals surface area (Å²) >= 11 is 0. The molecule has 7 nitrogen and oxygen atoms in total. The lowest BCUT2D eigenvalue weighted by Crippen LogP contribution is -2.39. The highest BCUT2D eigenvalue weighted by molar-refractivity contribution is 5.95. The van der Waals surface area contributed by atoms with Crippen LogP contribution in [-0.4, -0.2) is 39.1 Å². The van der Waals surface area contributed by atoms with Crippen LogP contribution in [0.4, 0.5) is 0 Å². The van der Waals surface area contributed by atoms with Crippen LogP contribution in [-0.2, 0) is 0 Å². The van der Waals surface area contributed by atoms with Gasteiger partial charge in [-0.3, -0.25) is 4.79 Å². The highest BCUT2D eigenvalue weighted by Crippen LogP contribution is 2.38. The molecule has 0 spiro atoms. The van der Waals surface area contributed by atoms with Crippen molar-refractivity contribution in [2.45, 2.75) is 37.8 Å². The van der Waals surface area contributed by atoms with Crippen molar-refractivity contribution in [1.29, 1.82) is 0 Å². The van der Waals surface area contributed by atoms with E-state index in [0.29, 0.717) is 34.3 Å². The molecule has 0 unspecified atom stereocenters. The summed E-state index contributed by atoms with van der Waals surface area (Å²) in [5.74, 6) is 3.12.